The van der Waals surface area contributed by atoms with Crippen molar-refractivity contribution in [2.45, 2.75) is 32.0 Å². The van der Waals surface area contributed by atoms with Crippen LogP contribution >= 0.6 is 0 Å². The minimum atomic E-state index is -5.13. The number of halogens is 6. The molecule has 5 rings (SSSR count). The van der Waals surface area contributed by atoms with Gasteiger partial charge in [0.2, 0.25) is 0 Å². The highest BCUT2D eigenvalue weighted by atomic mass is 28.3. The minimum absolute atomic E-state index is 0.191. The molecule has 5 aromatic rings. The van der Waals surface area contributed by atoms with Crippen LogP contribution in [0.1, 0.15) is 16.7 Å². The molecule has 0 saturated heterocycles. The predicted molar refractivity (Wildman–Crippen MR) is 148 cm³/mol. The van der Waals surface area contributed by atoms with Gasteiger partial charge in [-0.3, -0.25) is 4.98 Å². The Bertz CT molecular complexity index is 1790. The van der Waals surface area contributed by atoms with E-state index in [1.165, 1.54) is 29.6 Å². The zero-order valence-corrected chi connectivity index (χ0v) is 22.7. The van der Waals surface area contributed by atoms with Gasteiger partial charge in [-0.05, 0) is 46.0 Å². The summed E-state index contributed by atoms with van der Waals surface area (Å²) in [6.07, 6.45) is -8.81. The van der Waals surface area contributed by atoms with E-state index in [0.717, 1.165) is 16.3 Å². The van der Waals surface area contributed by atoms with E-state index in [1.807, 2.05) is 36.4 Å². The zero-order valence-electron chi connectivity index (χ0n) is 21.7. The first kappa shape index (κ1) is 27.4. The van der Waals surface area contributed by atoms with Gasteiger partial charge in [-0.1, -0.05) is 73.4 Å². The molecule has 0 atom stereocenters. The third-order valence-corrected chi connectivity index (χ3v) is 8.91. The van der Waals surface area contributed by atoms with Gasteiger partial charge in [0.25, 0.3) is 0 Å². The molecule has 0 aliphatic heterocycles. The van der Waals surface area contributed by atoms with E-state index in [2.05, 4.69) is 24.6 Å². The van der Waals surface area contributed by atoms with Gasteiger partial charge >= 0.3 is 12.4 Å². The third-order valence-electron chi connectivity index (χ3n) is 6.88. The number of hydrogen-bond acceptors (Lipinski definition) is 2. The van der Waals surface area contributed by atoms with Crippen molar-refractivity contribution >= 4 is 34.8 Å². The van der Waals surface area contributed by atoms with Gasteiger partial charge in [-0.2, -0.15) is 31.6 Å². The number of aromatic nitrogens is 1. The summed E-state index contributed by atoms with van der Waals surface area (Å²) in [4.78, 5) is 4.54. The van der Waals surface area contributed by atoms with Crippen LogP contribution in [0.3, 0.4) is 0 Å². The molecule has 0 N–H and O–H groups in total. The summed E-state index contributed by atoms with van der Waals surface area (Å²) in [7, 11) is -1.85. The quantitative estimate of drug-likeness (QED) is 0.162. The molecule has 0 unspecified atom stereocenters. The molecule has 202 valence electrons. The summed E-state index contributed by atoms with van der Waals surface area (Å²) >= 11 is 0. The van der Waals surface area contributed by atoms with Gasteiger partial charge in [0.15, 0.2) is 0 Å². The first-order chi connectivity index (χ1) is 18.7. The van der Waals surface area contributed by atoms with Crippen LogP contribution < -0.4 is 5.19 Å². The Hall–Kier alpha value is -4.16. The van der Waals surface area contributed by atoms with Crippen molar-refractivity contribution in [2.75, 3.05) is 0 Å². The fraction of sp³-hybridized carbons (Fsp3) is 0.161. The Balaban J connectivity index is 1.84. The number of rotatable bonds is 3. The van der Waals surface area contributed by atoms with Crippen LogP contribution in [0.5, 0.6) is 0 Å². The molecule has 1 heterocycles. The lowest BCUT2D eigenvalue weighted by molar-refractivity contribution is -0.142. The number of hydrogen-bond donors (Lipinski definition) is 0. The molecule has 0 aliphatic carbocycles. The fourth-order valence-electron chi connectivity index (χ4n) is 5.07. The molecule has 0 amide bonds. The fourth-order valence-corrected chi connectivity index (χ4v) is 6.69. The molecule has 0 fully saturated rings. The van der Waals surface area contributed by atoms with Gasteiger partial charge < -0.3 is 0 Å². The van der Waals surface area contributed by atoms with Crippen molar-refractivity contribution in [1.29, 1.82) is 5.26 Å². The number of nitriles is 1. The molecule has 0 aliphatic rings. The maximum absolute atomic E-state index is 14.2. The van der Waals surface area contributed by atoms with E-state index in [-0.39, 0.29) is 10.9 Å². The number of benzene rings is 4. The lowest BCUT2D eigenvalue weighted by Gasteiger charge is -2.22. The van der Waals surface area contributed by atoms with Gasteiger partial charge in [-0.25, -0.2) is 0 Å². The Morgan fingerprint density at radius 2 is 1.35 bits per heavy atom. The predicted octanol–water partition coefficient (Wildman–Crippen LogP) is 9.18. The molecule has 0 saturated carbocycles. The average molecular weight is 565 g/mol. The topological polar surface area (TPSA) is 36.7 Å². The van der Waals surface area contributed by atoms with E-state index in [0.29, 0.717) is 23.2 Å². The highest BCUT2D eigenvalue weighted by molar-refractivity contribution is 6.90. The molecule has 0 bridgehead atoms. The van der Waals surface area contributed by atoms with Gasteiger partial charge in [0.05, 0.1) is 36.5 Å². The van der Waals surface area contributed by atoms with E-state index in [4.69, 9.17) is 0 Å². The molecular weight excluding hydrogens is 542 g/mol. The standard InChI is InChI=1S/C31H22F6N2Si/c1-40(2,3)28-14-21(13-19-7-4-5-9-22(19)28)27-15-24-20(17-39-27)8-6-10-23(24)29-25(30(32,33)34)11-18(16-38)12-26(29)31(35,36)37/h4-15,17H,1-3H3. The number of alkyl halides is 6. The molecular formula is C31H22F6N2Si. The Morgan fingerprint density at radius 1 is 0.725 bits per heavy atom. The summed E-state index contributed by atoms with van der Waals surface area (Å²) < 4.78 is 85.1. The summed E-state index contributed by atoms with van der Waals surface area (Å²) in [6, 6.07) is 20.0. The van der Waals surface area contributed by atoms with Gasteiger partial charge in [0, 0.05) is 22.7 Å². The molecule has 40 heavy (non-hydrogen) atoms. The second-order valence-corrected chi connectivity index (χ2v) is 15.7. The second-order valence-electron chi connectivity index (χ2n) is 10.6. The Morgan fingerprint density at radius 3 is 1.95 bits per heavy atom. The summed E-state index contributed by atoms with van der Waals surface area (Å²) in [5.41, 5.74) is -3.85. The number of pyridine rings is 1. The van der Waals surface area contributed by atoms with Crippen molar-refractivity contribution in [3.05, 3.63) is 95.7 Å². The van der Waals surface area contributed by atoms with Crippen LogP contribution in [0, 0.1) is 11.3 Å². The van der Waals surface area contributed by atoms with E-state index >= 15 is 0 Å². The molecule has 9 heteroatoms. The smallest absolute Gasteiger partial charge is 0.256 e. The first-order valence-electron chi connectivity index (χ1n) is 12.3. The number of fused-ring (bicyclic) bond motifs is 2. The van der Waals surface area contributed by atoms with Crippen LogP contribution in [0.2, 0.25) is 19.6 Å². The maximum atomic E-state index is 14.2. The second kappa shape index (κ2) is 9.49. The van der Waals surface area contributed by atoms with Crippen molar-refractivity contribution in [3.63, 3.8) is 0 Å². The molecule has 2 nitrogen and oxygen atoms in total. The van der Waals surface area contributed by atoms with E-state index in [1.54, 1.807) is 12.1 Å². The highest BCUT2D eigenvalue weighted by Crippen LogP contribution is 2.47. The monoisotopic (exact) mass is 564 g/mol. The normalized spacial score (nSPS) is 12.6. The van der Waals surface area contributed by atoms with E-state index < -0.39 is 42.7 Å². The van der Waals surface area contributed by atoms with E-state index in [9.17, 15) is 31.6 Å². The summed E-state index contributed by atoms with van der Waals surface area (Å²) in [5, 5.41) is 13.0. The summed E-state index contributed by atoms with van der Waals surface area (Å²) in [5.74, 6) is 0. The largest absolute Gasteiger partial charge is 0.417 e. The van der Waals surface area contributed by atoms with Crippen molar-refractivity contribution in [3.8, 4) is 28.5 Å². The third kappa shape index (κ3) is 4.95. The first-order valence-corrected chi connectivity index (χ1v) is 15.8. The molecule has 0 spiro atoms. The van der Waals surface area contributed by atoms with Gasteiger partial charge in [0.1, 0.15) is 0 Å². The van der Waals surface area contributed by atoms with Crippen LogP contribution in [0.15, 0.2) is 79.0 Å². The summed E-state index contributed by atoms with van der Waals surface area (Å²) in [6.45, 7) is 6.60. The SMILES string of the molecule is C[Si](C)(C)c1cc(-c2cc3c(-c4c(C(F)(F)F)cc(C#N)cc4C(F)(F)F)cccc3cn2)cc2ccccc12. The van der Waals surface area contributed by atoms with Crippen molar-refractivity contribution in [1.82, 2.24) is 4.98 Å². The van der Waals surface area contributed by atoms with Crippen LogP contribution in [-0.4, -0.2) is 13.1 Å². The van der Waals surface area contributed by atoms with Crippen LogP contribution in [-0.2, 0) is 12.4 Å². The van der Waals surface area contributed by atoms with Crippen molar-refractivity contribution < 1.29 is 26.3 Å². The van der Waals surface area contributed by atoms with Crippen molar-refractivity contribution in [2.24, 2.45) is 0 Å². The van der Waals surface area contributed by atoms with Gasteiger partial charge in [-0.15, -0.1) is 0 Å². The Kier molecular flexibility index (Phi) is 6.50. The van der Waals surface area contributed by atoms with Crippen LogP contribution in [0.4, 0.5) is 26.3 Å². The lowest BCUT2D eigenvalue weighted by Crippen LogP contribution is -2.38. The molecule has 4 aromatic carbocycles. The maximum Gasteiger partial charge on any atom is 0.417 e. The van der Waals surface area contributed by atoms with Crippen LogP contribution in [0.25, 0.3) is 43.9 Å². The molecule has 0 radical (unpaired) electrons. The zero-order chi connectivity index (χ0) is 29.0. The molecule has 1 aromatic heterocycles. The Labute approximate surface area is 227 Å². The minimum Gasteiger partial charge on any atom is -0.256 e. The number of nitrogens with zero attached hydrogens (tertiary/aromatic N) is 2. The lowest BCUT2D eigenvalue weighted by atomic mass is 9.88. The average Bonchev–Trinajstić information content (AvgIpc) is 2.89. The highest BCUT2D eigenvalue weighted by Gasteiger charge is 2.42.